The summed E-state index contributed by atoms with van der Waals surface area (Å²) >= 11 is 8.42. The molecule has 152 valence electrons. The average Bonchev–Trinajstić information content (AvgIpc) is 3.37. The Morgan fingerprint density at radius 3 is 2.80 bits per heavy atom. The molecule has 2 aromatic heterocycles. The molecule has 0 bridgehead atoms. The Morgan fingerprint density at radius 1 is 1.20 bits per heavy atom. The number of hydrogen-bond donors (Lipinski definition) is 1. The van der Waals surface area contributed by atoms with Crippen LogP contribution >= 0.6 is 34.7 Å². The lowest BCUT2D eigenvalue weighted by Crippen LogP contribution is -2.17. The summed E-state index contributed by atoms with van der Waals surface area (Å²) in [6.45, 7) is 0. The fourth-order valence-corrected chi connectivity index (χ4v) is 4.06. The maximum absolute atomic E-state index is 11.9. The summed E-state index contributed by atoms with van der Waals surface area (Å²) in [5, 5.41) is 13.2. The maximum atomic E-state index is 11.9. The van der Waals surface area contributed by atoms with Crippen LogP contribution in [0.1, 0.15) is 5.01 Å². The van der Waals surface area contributed by atoms with Crippen molar-refractivity contribution in [1.82, 2.24) is 15.2 Å². The van der Waals surface area contributed by atoms with Crippen LogP contribution in [0.2, 0.25) is 5.02 Å². The summed E-state index contributed by atoms with van der Waals surface area (Å²) in [6, 6.07) is 14.8. The van der Waals surface area contributed by atoms with E-state index in [-0.39, 0.29) is 16.8 Å². The molecule has 0 aliphatic heterocycles. The van der Waals surface area contributed by atoms with Crippen molar-refractivity contribution in [2.75, 3.05) is 5.75 Å². The molecule has 0 saturated heterocycles. The number of thioether (sulfide) groups is 1. The summed E-state index contributed by atoms with van der Waals surface area (Å²) in [6.07, 6.45) is 0.299. The lowest BCUT2D eigenvalue weighted by molar-refractivity contribution is -0.140. The number of nitrogens with two attached hydrogens (primary N) is 1. The van der Waals surface area contributed by atoms with E-state index in [1.54, 1.807) is 24.3 Å². The molecule has 0 fully saturated rings. The van der Waals surface area contributed by atoms with Crippen LogP contribution in [-0.2, 0) is 16.1 Å². The molecule has 0 atom stereocenters. The van der Waals surface area contributed by atoms with Gasteiger partial charge in [-0.2, -0.15) is 0 Å². The van der Waals surface area contributed by atoms with Crippen LogP contribution in [0.5, 0.6) is 0 Å². The van der Waals surface area contributed by atoms with Crippen LogP contribution in [0.25, 0.3) is 21.7 Å². The third kappa shape index (κ3) is 5.15. The zero-order valence-electron chi connectivity index (χ0n) is 15.3. The lowest BCUT2D eigenvalue weighted by atomic mass is 10.2. The minimum Gasteiger partial charge on any atom is -0.411 e. The van der Waals surface area contributed by atoms with Gasteiger partial charge in [-0.3, -0.25) is 0 Å². The number of thiazole rings is 1. The highest BCUT2D eigenvalue weighted by molar-refractivity contribution is 7.99. The molecule has 0 radical (unpaired) electrons. The van der Waals surface area contributed by atoms with Crippen molar-refractivity contribution in [3.05, 3.63) is 58.6 Å². The van der Waals surface area contributed by atoms with E-state index in [2.05, 4.69) is 20.3 Å². The number of para-hydroxylation sites is 1. The van der Waals surface area contributed by atoms with Crippen molar-refractivity contribution >= 4 is 56.7 Å². The van der Waals surface area contributed by atoms with Gasteiger partial charge in [0.05, 0.1) is 16.6 Å². The van der Waals surface area contributed by atoms with Gasteiger partial charge in [0.15, 0.2) is 0 Å². The van der Waals surface area contributed by atoms with E-state index >= 15 is 0 Å². The van der Waals surface area contributed by atoms with Crippen LogP contribution in [0.4, 0.5) is 0 Å². The topological polar surface area (TPSA) is 116 Å². The molecule has 0 unspecified atom stereocenters. The lowest BCUT2D eigenvalue weighted by Gasteiger charge is -1.98. The summed E-state index contributed by atoms with van der Waals surface area (Å²) in [4.78, 5) is 21.2. The molecule has 8 nitrogen and oxygen atoms in total. The monoisotopic (exact) mass is 459 g/mol. The fourth-order valence-electron chi connectivity index (χ4n) is 2.42. The Balaban J connectivity index is 1.27. The van der Waals surface area contributed by atoms with Crippen LogP contribution in [0, 0.1) is 0 Å². The van der Waals surface area contributed by atoms with Crippen molar-refractivity contribution in [3.63, 3.8) is 0 Å². The Labute approximate surface area is 184 Å². The van der Waals surface area contributed by atoms with Gasteiger partial charge in [0.2, 0.25) is 5.89 Å². The van der Waals surface area contributed by atoms with Crippen molar-refractivity contribution in [2.24, 2.45) is 10.9 Å². The number of halogens is 1. The Bertz CT molecular complexity index is 1170. The van der Waals surface area contributed by atoms with Gasteiger partial charge >= 0.3 is 5.97 Å². The number of oxime groups is 1. The quantitative estimate of drug-likeness (QED) is 0.144. The first-order valence-electron chi connectivity index (χ1n) is 8.66. The highest BCUT2D eigenvalue weighted by Gasteiger charge is 2.13. The van der Waals surface area contributed by atoms with Gasteiger partial charge in [0.1, 0.15) is 16.6 Å². The van der Waals surface area contributed by atoms with Crippen molar-refractivity contribution in [1.29, 1.82) is 0 Å². The minimum absolute atomic E-state index is 0.0554. The first kappa shape index (κ1) is 20.3. The third-order valence-electron chi connectivity index (χ3n) is 3.75. The van der Waals surface area contributed by atoms with Gasteiger partial charge in [0.25, 0.3) is 5.22 Å². The summed E-state index contributed by atoms with van der Waals surface area (Å²) in [5.74, 6) is -0.144. The molecular weight excluding hydrogens is 446 g/mol. The van der Waals surface area contributed by atoms with E-state index in [1.165, 1.54) is 11.3 Å². The van der Waals surface area contributed by atoms with E-state index in [4.69, 9.17) is 26.6 Å². The van der Waals surface area contributed by atoms with E-state index in [1.807, 2.05) is 24.3 Å². The normalized spacial score (nSPS) is 11.7. The molecular formula is C19H14ClN5O3S2. The molecule has 2 heterocycles. The molecule has 0 aliphatic carbocycles. The molecule has 0 saturated carbocycles. The standard InChI is InChI=1S/C19H14ClN5O3S2/c20-12-7-5-11(6-8-12)18-23-24-19(27-18)29-10-17(26)28-25-15(21)9-16-22-13-3-1-2-4-14(13)30-16/h1-8H,9-10H2,(H2,21,25). The Hall–Kier alpha value is -2.95. The summed E-state index contributed by atoms with van der Waals surface area (Å²) in [5.41, 5.74) is 7.47. The zero-order chi connectivity index (χ0) is 20.9. The maximum Gasteiger partial charge on any atom is 0.345 e. The summed E-state index contributed by atoms with van der Waals surface area (Å²) in [7, 11) is 0. The van der Waals surface area contributed by atoms with Crippen molar-refractivity contribution in [2.45, 2.75) is 11.6 Å². The minimum atomic E-state index is -0.585. The van der Waals surface area contributed by atoms with Crippen LogP contribution in [-0.4, -0.2) is 32.7 Å². The number of aromatic nitrogens is 3. The SMILES string of the molecule is NC(Cc1nc2ccccc2s1)=NOC(=O)CSc1nnc(-c2ccc(Cl)cc2)o1. The number of amidine groups is 1. The molecule has 2 aromatic carbocycles. The number of fused-ring (bicyclic) bond motifs is 1. The fraction of sp³-hybridized carbons (Fsp3) is 0.105. The summed E-state index contributed by atoms with van der Waals surface area (Å²) < 4.78 is 6.58. The second kappa shape index (κ2) is 9.24. The van der Waals surface area contributed by atoms with Gasteiger partial charge in [-0.1, -0.05) is 40.7 Å². The highest BCUT2D eigenvalue weighted by Crippen LogP contribution is 2.24. The van der Waals surface area contributed by atoms with E-state index in [0.717, 1.165) is 32.5 Å². The second-order valence-electron chi connectivity index (χ2n) is 5.97. The largest absolute Gasteiger partial charge is 0.411 e. The number of rotatable bonds is 7. The molecule has 0 spiro atoms. The molecule has 0 amide bonds. The van der Waals surface area contributed by atoms with Gasteiger partial charge in [0, 0.05) is 10.6 Å². The predicted molar refractivity (Wildman–Crippen MR) is 117 cm³/mol. The van der Waals surface area contributed by atoms with Crippen molar-refractivity contribution in [3.8, 4) is 11.5 Å². The number of carbonyl (C=O) groups is 1. The average molecular weight is 460 g/mol. The van der Waals surface area contributed by atoms with Gasteiger partial charge < -0.3 is 15.0 Å². The van der Waals surface area contributed by atoms with Gasteiger partial charge in [-0.05, 0) is 36.4 Å². The highest BCUT2D eigenvalue weighted by atomic mass is 35.5. The van der Waals surface area contributed by atoms with Gasteiger partial charge in [-0.15, -0.1) is 21.5 Å². The van der Waals surface area contributed by atoms with Crippen LogP contribution < -0.4 is 5.73 Å². The molecule has 4 rings (SSSR count). The molecule has 30 heavy (non-hydrogen) atoms. The van der Waals surface area contributed by atoms with E-state index in [0.29, 0.717) is 17.3 Å². The number of benzene rings is 2. The third-order valence-corrected chi connectivity index (χ3v) is 5.83. The van der Waals surface area contributed by atoms with Crippen LogP contribution in [0.3, 0.4) is 0 Å². The zero-order valence-corrected chi connectivity index (χ0v) is 17.7. The first-order chi connectivity index (χ1) is 14.6. The first-order valence-corrected chi connectivity index (χ1v) is 10.8. The van der Waals surface area contributed by atoms with E-state index in [9.17, 15) is 4.79 Å². The molecule has 2 N–H and O–H groups in total. The van der Waals surface area contributed by atoms with Crippen LogP contribution in [0.15, 0.2) is 63.3 Å². The second-order valence-corrected chi connectivity index (χ2v) is 8.44. The number of nitrogens with zero attached hydrogens (tertiary/aromatic N) is 4. The predicted octanol–water partition coefficient (Wildman–Crippen LogP) is 4.15. The Morgan fingerprint density at radius 2 is 2.00 bits per heavy atom. The molecule has 4 aromatic rings. The van der Waals surface area contributed by atoms with E-state index < -0.39 is 5.97 Å². The number of hydrogen-bond acceptors (Lipinski definition) is 9. The number of carbonyl (C=O) groups excluding carboxylic acids is 1. The molecule has 11 heteroatoms. The smallest absolute Gasteiger partial charge is 0.345 e. The molecule has 0 aliphatic rings. The van der Waals surface area contributed by atoms with Gasteiger partial charge in [-0.25, -0.2) is 9.78 Å². The Kier molecular flexibility index (Phi) is 6.26. The van der Waals surface area contributed by atoms with Crippen molar-refractivity contribution < 1.29 is 14.0 Å².